The molecule has 0 aliphatic rings. The van der Waals surface area contributed by atoms with Gasteiger partial charge >= 0.3 is 6.03 Å². The molecule has 4 nitrogen and oxygen atoms in total. The third-order valence-corrected chi connectivity index (χ3v) is 3.96. The quantitative estimate of drug-likeness (QED) is 0.694. The van der Waals surface area contributed by atoms with Gasteiger partial charge in [0.1, 0.15) is 11.6 Å². The molecule has 1 heterocycles. The normalized spacial score (nSPS) is 10.5. The van der Waals surface area contributed by atoms with Crippen LogP contribution >= 0.6 is 0 Å². The Bertz CT molecular complexity index is 875. The van der Waals surface area contributed by atoms with Crippen molar-refractivity contribution < 1.29 is 13.6 Å². The molecule has 2 amide bonds. The Morgan fingerprint density at radius 2 is 1.62 bits per heavy atom. The Morgan fingerprint density at radius 1 is 0.846 bits per heavy atom. The number of nitrogens with zero attached hydrogens (tertiary/aromatic N) is 1. The fraction of sp³-hybridized carbons (Fsp3) is 0.150. The second-order valence-corrected chi connectivity index (χ2v) is 5.92. The highest BCUT2D eigenvalue weighted by Gasteiger charge is 2.06. The van der Waals surface area contributed by atoms with Crippen molar-refractivity contribution in [2.45, 2.75) is 19.6 Å². The maximum Gasteiger partial charge on any atom is 0.315 e. The Labute approximate surface area is 150 Å². The molecule has 3 aromatic rings. The molecule has 0 unspecified atom stereocenters. The van der Waals surface area contributed by atoms with E-state index in [1.807, 2.05) is 29.0 Å². The van der Waals surface area contributed by atoms with Gasteiger partial charge in [0, 0.05) is 25.0 Å². The van der Waals surface area contributed by atoms with E-state index in [2.05, 4.69) is 10.6 Å². The van der Waals surface area contributed by atoms with Crippen LogP contribution in [0.1, 0.15) is 16.8 Å². The average molecular weight is 355 g/mol. The molecule has 2 N–H and O–H groups in total. The first-order chi connectivity index (χ1) is 12.6. The molecule has 1 aromatic heterocycles. The van der Waals surface area contributed by atoms with Crippen LogP contribution in [0.3, 0.4) is 0 Å². The Kier molecular flexibility index (Phi) is 5.63. The van der Waals surface area contributed by atoms with Crippen LogP contribution < -0.4 is 10.6 Å². The lowest BCUT2D eigenvalue weighted by Gasteiger charge is -2.11. The zero-order chi connectivity index (χ0) is 18.4. The van der Waals surface area contributed by atoms with Gasteiger partial charge in [-0.1, -0.05) is 24.3 Å². The van der Waals surface area contributed by atoms with Gasteiger partial charge in [-0.05, 0) is 47.5 Å². The van der Waals surface area contributed by atoms with E-state index in [9.17, 15) is 13.6 Å². The van der Waals surface area contributed by atoms with Crippen LogP contribution in [-0.2, 0) is 19.6 Å². The van der Waals surface area contributed by atoms with Crippen molar-refractivity contribution in [3.05, 3.63) is 95.3 Å². The number of hydrogen-bond donors (Lipinski definition) is 2. The van der Waals surface area contributed by atoms with Crippen LogP contribution in [0.2, 0.25) is 0 Å². The molecule has 0 bridgehead atoms. The summed E-state index contributed by atoms with van der Waals surface area (Å²) in [6, 6.07) is 15.9. The first-order valence-electron chi connectivity index (χ1n) is 8.25. The highest BCUT2D eigenvalue weighted by Crippen LogP contribution is 2.09. The molecule has 0 spiro atoms. The van der Waals surface area contributed by atoms with Gasteiger partial charge in [-0.2, -0.15) is 0 Å². The summed E-state index contributed by atoms with van der Waals surface area (Å²) in [7, 11) is 0. The number of hydrogen-bond acceptors (Lipinski definition) is 1. The number of nitrogens with one attached hydrogen (secondary N) is 2. The van der Waals surface area contributed by atoms with Crippen molar-refractivity contribution in [3.63, 3.8) is 0 Å². The van der Waals surface area contributed by atoms with E-state index < -0.39 is 0 Å². The molecular weight excluding hydrogens is 336 g/mol. The van der Waals surface area contributed by atoms with E-state index >= 15 is 0 Å². The number of urea groups is 1. The highest BCUT2D eigenvalue weighted by atomic mass is 19.1. The number of carbonyl (C=O) groups excluding carboxylic acids is 1. The van der Waals surface area contributed by atoms with E-state index in [1.54, 1.807) is 18.2 Å². The predicted octanol–water partition coefficient (Wildman–Crippen LogP) is 3.81. The monoisotopic (exact) mass is 355 g/mol. The molecule has 0 saturated carbocycles. The fourth-order valence-electron chi connectivity index (χ4n) is 2.61. The molecule has 0 aliphatic heterocycles. The van der Waals surface area contributed by atoms with Crippen LogP contribution in [0, 0.1) is 11.6 Å². The molecule has 0 aliphatic carbocycles. The summed E-state index contributed by atoms with van der Waals surface area (Å²) in [5.74, 6) is -0.577. The number of rotatable bonds is 6. The maximum atomic E-state index is 13.3. The van der Waals surface area contributed by atoms with Gasteiger partial charge in [0.25, 0.3) is 0 Å². The summed E-state index contributed by atoms with van der Waals surface area (Å²) in [5, 5.41) is 5.51. The van der Waals surface area contributed by atoms with Gasteiger partial charge < -0.3 is 15.2 Å². The maximum absolute atomic E-state index is 13.3. The second kappa shape index (κ2) is 8.29. The molecule has 0 saturated heterocycles. The number of benzene rings is 2. The van der Waals surface area contributed by atoms with E-state index in [-0.39, 0.29) is 17.7 Å². The molecule has 134 valence electrons. The second-order valence-electron chi connectivity index (χ2n) is 5.92. The summed E-state index contributed by atoms with van der Waals surface area (Å²) in [6.07, 6.45) is 1.89. The van der Waals surface area contributed by atoms with E-state index in [4.69, 9.17) is 0 Å². The van der Waals surface area contributed by atoms with Crippen molar-refractivity contribution in [2.75, 3.05) is 0 Å². The molecule has 0 fully saturated rings. The Morgan fingerprint density at radius 3 is 2.38 bits per heavy atom. The van der Waals surface area contributed by atoms with Crippen LogP contribution in [0.5, 0.6) is 0 Å². The fourth-order valence-corrected chi connectivity index (χ4v) is 2.61. The Hall–Kier alpha value is -3.15. The molecule has 2 aromatic carbocycles. The van der Waals surface area contributed by atoms with Crippen molar-refractivity contribution in [1.29, 1.82) is 0 Å². The molecule has 3 rings (SSSR count). The van der Waals surface area contributed by atoms with E-state index in [1.165, 1.54) is 24.3 Å². The lowest BCUT2D eigenvalue weighted by molar-refractivity contribution is 0.240. The van der Waals surface area contributed by atoms with Crippen molar-refractivity contribution in [2.24, 2.45) is 0 Å². The topological polar surface area (TPSA) is 46.1 Å². The number of aromatic nitrogens is 1. The van der Waals surface area contributed by atoms with Gasteiger partial charge in [-0.25, -0.2) is 13.6 Å². The molecule has 0 atom stereocenters. The molecular formula is C20H19F2N3O. The zero-order valence-corrected chi connectivity index (χ0v) is 14.1. The van der Waals surface area contributed by atoms with Crippen LogP contribution in [0.15, 0.2) is 66.9 Å². The molecule has 6 heteroatoms. The summed E-state index contributed by atoms with van der Waals surface area (Å²) in [4.78, 5) is 11.9. The van der Waals surface area contributed by atoms with Crippen molar-refractivity contribution in [3.8, 4) is 0 Å². The number of carbonyl (C=O) groups is 1. The third-order valence-electron chi connectivity index (χ3n) is 3.96. The van der Waals surface area contributed by atoms with Gasteiger partial charge in [0.05, 0.1) is 6.54 Å². The summed E-state index contributed by atoms with van der Waals surface area (Å²) in [5.41, 5.74) is 2.57. The number of halogens is 2. The standard InChI is InChI=1S/C20H19F2N3O/c21-17-8-6-15(7-9-17)12-23-20(26)24-13-19-5-2-10-25(19)14-16-3-1-4-18(22)11-16/h1-11H,12-14H2,(H2,23,24,26). The summed E-state index contributed by atoms with van der Waals surface area (Å²) >= 11 is 0. The van der Waals surface area contributed by atoms with Gasteiger partial charge in [-0.15, -0.1) is 0 Å². The first-order valence-corrected chi connectivity index (χ1v) is 8.25. The SMILES string of the molecule is O=C(NCc1ccc(F)cc1)NCc1cccn1Cc1cccc(F)c1. The first kappa shape index (κ1) is 17.7. The third kappa shape index (κ3) is 4.92. The predicted molar refractivity (Wildman–Crippen MR) is 95.4 cm³/mol. The summed E-state index contributed by atoms with van der Waals surface area (Å²) in [6.45, 7) is 1.19. The van der Waals surface area contributed by atoms with Gasteiger partial charge in [-0.3, -0.25) is 0 Å². The van der Waals surface area contributed by atoms with Gasteiger partial charge in [0.15, 0.2) is 0 Å². The highest BCUT2D eigenvalue weighted by molar-refractivity contribution is 5.73. The smallest absolute Gasteiger partial charge is 0.315 e. The van der Waals surface area contributed by atoms with Crippen LogP contribution in [-0.4, -0.2) is 10.6 Å². The van der Waals surface area contributed by atoms with E-state index in [0.717, 1.165) is 16.8 Å². The van der Waals surface area contributed by atoms with Crippen molar-refractivity contribution >= 4 is 6.03 Å². The number of amides is 2. The Balaban J connectivity index is 1.51. The summed E-state index contributed by atoms with van der Waals surface area (Å²) < 4.78 is 28.1. The van der Waals surface area contributed by atoms with Crippen LogP contribution in [0.25, 0.3) is 0 Å². The lowest BCUT2D eigenvalue weighted by atomic mass is 10.2. The minimum Gasteiger partial charge on any atom is -0.345 e. The molecule has 0 radical (unpaired) electrons. The van der Waals surface area contributed by atoms with Crippen LogP contribution in [0.4, 0.5) is 13.6 Å². The molecule has 26 heavy (non-hydrogen) atoms. The lowest BCUT2D eigenvalue weighted by Crippen LogP contribution is -2.35. The largest absolute Gasteiger partial charge is 0.345 e. The van der Waals surface area contributed by atoms with E-state index in [0.29, 0.717) is 19.6 Å². The minimum atomic E-state index is -0.312. The zero-order valence-electron chi connectivity index (χ0n) is 14.1. The average Bonchev–Trinajstić information content (AvgIpc) is 3.06. The van der Waals surface area contributed by atoms with Crippen molar-refractivity contribution in [1.82, 2.24) is 15.2 Å². The van der Waals surface area contributed by atoms with Gasteiger partial charge in [0.2, 0.25) is 0 Å². The minimum absolute atomic E-state index is 0.269.